The van der Waals surface area contributed by atoms with Crippen LogP contribution in [0.5, 0.6) is 5.75 Å². The Kier molecular flexibility index (Phi) is 5.73. The van der Waals surface area contributed by atoms with Gasteiger partial charge in [0.1, 0.15) is 11.0 Å². The number of thiazole rings is 1. The van der Waals surface area contributed by atoms with E-state index in [4.69, 9.17) is 4.74 Å². The summed E-state index contributed by atoms with van der Waals surface area (Å²) in [7, 11) is 1.60. The fourth-order valence-electron chi connectivity index (χ4n) is 2.39. The van der Waals surface area contributed by atoms with E-state index in [0.717, 1.165) is 15.5 Å². The van der Waals surface area contributed by atoms with E-state index < -0.39 is 5.25 Å². The Morgan fingerprint density at radius 1 is 1.24 bits per heavy atom. The molecule has 1 aromatic heterocycles. The average Bonchev–Trinajstić information content (AvgIpc) is 3.14. The number of anilines is 1. The van der Waals surface area contributed by atoms with Gasteiger partial charge >= 0.3 is 0 Å². The molecule has 1 unspecified atom stereocenters. The molecule has 25 heavy (non-hydrogen) atoms. The Morgan fingerprint density at radius 3 is 2.72 bits per heavy atom. The molecule has 2 aromatic carbocycles. The van der Waals surface area contributed by atoms with Gasteiger partial charge in [0.25, 0.3) is 0 Å². The van der Waals surface area contributed by atoms with E-state index in [1.54, 1.807) is 13.3 Å². The molecule has 0 aliphatic heterocycles. The smallest absolute Gasteiger partial charge is 0.242 e. The summed E-state index contributed by atoms with van der Waals surface area (Å²) in [5.41, 5.74) is 2.67. The van der Waals surface area contributed by atoms with Crippen molar-refractivity contribution in [2.24, 2.45) is 0 Å². The standard InChI is InChI=1S/C19H18N2O2S2/c1-13-8-9-16(23-2)15(12-13)21-18(22)17(14-6-4-3-5-7-14)25-19-20-10-11-24-19/h3-12,17H,1-2H3,(H,21,22). The summed E-state index contributed by atoms with van der Waals surface area (Å²) in [5.74, 6) is 0.542. The highest BCUT2D eigenvalue weighted by Gasteiger charge is 2.24. The van der Waals surface area contributed by atoms with Gasteiger partial charge in [0, 0.05) is 11.6 Å². The van der Waals surface area contributed by atoms with E-state index in [0.29, 0.717) is 11.4 Å². The number of hydrogen-bond donors (Lipinski definition) is 1. The maximum Gasteiger partial charge on any atom is 0.242 e. The van der Waals surface area contributed by atoms with Crippen molar-refractivity contribution >= 4 is 34.7 Å². The third-order valence-electron chi connectivity index (χ3n) is 3.58. The predicted molar refractivity (Wildman–Crippen MR) is 104 cm³/mol. The van der Waals surface area contributed by atoms with Crippen LogP contribution in [0.2, 0.25) is 0 Å². The van der Waals surface area contributed by atoms with E-state index in [1.165, 1.54) is 23.1 Å². The second-order valence-electron chi connectivity index (χ2n) is 5.40. The van der Waals surface area contributed by atoms with Crippen molar-refractivity contribution in [1.82, 2.24) is 4.98 Å². The van der Waals surface area contributed by atoms with Gasteiger partial charge in [-0.15, -0.1) is 11.3 Å². The molecular formula is C19H18N2O2S2. The number of carbonyl (C=O) groups is 1. The van der Waals surface area contributed by atoms with Crippen LogP contribution in [0, 0.1) is 6.92 Å². The number of nitrogens with zero attached hydrogens (tertiary/aromatic N) is 1. The molecule has 0 saturated heterocycles. The molecule has 1 heterocycles. The van der Waals surface area contributed by atoms with Crippen LogP contribution in [0.3, 0.4) is 0 Å². The van der Waals surface area contributed by atoms with Gasteiger partial charge in [0.05, 0.1) is 12.8 Å². The van der Waals surface area contributed by atoms with Crippen LogP contribution in [0.25, 0.3) is 0 Å². The maximum atomic E-state index is 13.0. The molecule has 1 atom stereocenters. The predicted octanol–water partition coefficient (Wildman–Crippen LogP) is 4.93. The summed E-state index contributed by atoms with van der Waals surface area (Å²) in [6, 6.07) is 15.4. The second kappa shape index (κ2) is 8.18. The highest BCUT2D eigenvalue weighted by atomic mass is 32.2. The van der Waals surface area contributed by atoms with E-state index in [1.807, 2.05) is 60.8 Å². The lowest BCUT2D eigenvalue weighted by Gasteiger charge is -2.17. The van der Waals surface area contributed by atoms with Gasteiger partial charge in [-0.25, -0.2) is 4.98 Å². The largest absolute Gasteiger partial charge is 0.495 e. The number of aromatic nitrogens is 1. The van der Waals surface area contributed by atoms with E-state index in [-0.39, 0.29) is 5.91 Å². The third kappa shape index (κ3) is 4.41. The molecule has 0 saturated carbocycles. The van der Waals surface area contributed by atoms with Gasteiger partial charge in [-0.05, 0) is 30.2 Å². The topological polar surface area (TPSA) is 51.2 Å². The molecule has 128 valence electrons. The lowest BCUT2D eigenvalue weighted by molar-refractivity contribution is -0.115. The fourth-order valence-corrected chi connectivity index (χ4v) is 4.21. The summed E-state index contributed by atoms with van der Waals surface area (Å²) in [5, 5.41) is 4.52. The van der Waals surface area contributed by atoms with Gasteiger partial charge in [-0.2, -0.15) is 0 Å². The SMILES string of the molecule is COc1ccc(C)cc1NC(=O)C(Sc1nccs1)c1ccccc1. The summed E-state index contributed by atoms with van der Waals surface area (Å²) < 4.78 is 6.22. The summed E-state index contributed by atoms with van der Waals surface area (Å²) in [4.78, 5) is 17.3. The zero-order valence-corrected chi connectivity index (χ0v) is 15.6. The molecule has 4 nitrogen and oxygen atoms in total. The van der Waals surface area contributed by atoms with Crippen molar-refractivity contribution in [3.05, 3.63) is 71.2 Å². The minimum absolute atomic E-state index is 0.102. The molecule has 0 bridgehead atoms. The molecule has 3 rings (SSSR count). The number of hydrogen-bond acceptors (Lipinski definition) is 5. The fraction of sp³-hybridized carbons (Fsp3) is 0.158. The average molecular weight is 370 g/mol. The third-order valence-corrected chi connectivity index (χ3v) is 5.75. The van der Waals surface area contributed by atoms with Crippen LogP contribution in [0.4, 0.5) is 5.69 Å². The number of rotatable bonds is 6. The first-order valence-electron chi connectivity index (χ1n) is 7.74. The number of ether oxygens (including phenoxy) is 1. The molecule has 0 spiro atoms. The van der Waals surface area contributed by atoms with Crippen LogP contribution in [-0.2, 0) is 4.79 Å². The van der Waals surface area contributed by atoms with Crippen molar-refractivity contribution in [1.29, 1.82) is 0 Å². The molecule has 1 amide bonds. The molecule has 1 N–H and O–H groups in total. The number of carbonyl (C=O) groups excluding carboxylic acids is 1. The van der Waals surface area contributed by atoms with E-state index in [9.17, 15) is 4.79 Å². The zero-order chi connectivity index (χ0) is 17.6. The van der Waals surface area contributed by atoms with Gasteiger partial charge in [-0.3, -0.25) is 4.79 Å². The van der Waals surface area contributed by atoms with Crippen LogP contribution in [0.1, 0.15) is 16.4 Å². The van der Waals surface area contributed by atoms with Crippen LogP contribution >= 0.6 is 23.1 Å². The second-order valence-corrected chi connectivity index (χ2v) is 7.65. The first-order valence-corrected chi connectivity index (χ1v) is 9.50. The van der Waals surface area contributed by atoms with Crippen LogP contribution < -0.4 is 10.1 Å². The number of benzene rings is 2. The minimum Gasteiger partial charge on any atom is -0.495 e. The van der Waals surface area contributed by atoms with Crippen molar-refractivity contribution in [3.63, 3.8) is 0 Å². The van der Waals surface area contributed by atoms with E-state index in [2.05, 4.69) is 10.3 Å². The molecule has 0 aliphatic carbocycles. The lowest BCUT2D eigenvalue weighted by atomic mass is 10.1. The number of amides is 1. The first kappa shape index (κ1) is 17.5. The van der Waals surface area contributed by atoms with Gasteiger partial charge in [-0.1, -0.05) is 48.2 Å². The van der Waals surface area contributed by atoms with Crippen molar-refractivity contribution in [2.45, 2.75) is 16.5 Å². The summed E-state index contributed by atoms with van der Waals surface area (Å²) in [6.07, 6.45) is 1.75. The Morgan fingerprint density at radius 2 is 2.04 bits per heavy atom. The highest BCUT2D eigenvalue weighted by molar-refractivity contribution is 8.01. The molecule has 0 radical (unpaired) electrons. The van der Waals surface area contributed by atoms with Crippen molar-refractivity contribution in [2.75, 3.05) is 12.4 Å². The normalized spacial score (nSPS) is 11.8. The minimum atomic E-state index is -0.391. The quantitative estimate of drug-likeness (QED) is 0.625. The zero-order valence-electron chi connectivity index (χ0n) is 13.9. The van der Waals surface area contributed by atoms with Crippen molar-refractivity contribution in [3.8, 4) is 5.75 Å². The molecule has 6 heteroatoms. The first-order chi connectivity index (χ1) is 12.2. The Labute approximate surface area is 155 Å². The van der Waals surface area contributed by atoms with Crippen LogP contribution in [0.15, 0.2) is 64.4 Å². The molecule has 0 aliphatic rings. The summed E-state index contributed by atoms with van der Waals surface area (Å²) >= 11 is 2.97. The van der Waals surface area contributed by atoms with E-state index >= 15 is 0 Å². The Balaban J connectivity index is 1.88. The van der Waals surface area contributed by atoms with Crippen LogP contribution in [-0.4, -0.2) is 18.0 Å². The Hall–Kier alpha value is -2.31. The lowest BCUT2D eigenvalue weighted by Crippen LogP contribution is -2.19. The number of nitrogens with one attached hydrogen (secondary N) is 1. The van der Waals surface area contributed by atoms with Crippen molar-refractivity contribution < 1.29 is 9.53 Å². The molecule has 3 aromatic rings. The number of aryl methyl sites for hydroxylation is 1. The maximum absolute atomic E-state index is 13.0. The number of thioether (sulfide) groups is 1. The summed E-state index contributed by atoms with van der Waals surface area (Å²) in [6.45, 7) is 1.98. The Bertz CT molecular complexity index is 836. The monoisotopic (exact) mass is 370 g/mol. The molecule has 0 fully saturated rings. The van der Waals surface area contributed by atoms with Gasteiger partial charge in [0.15, 0.2) is 4.34 Å². The van der Waals surface area contributed by atoms with Gasteiger partial charge < -0.3 is 10.1 Å². The highest BCUT2D eigenvalue weighted by Crippen LogP contribution is 2.38. The van der Waals surface area contributed by atoms with Gasteiger partial charge in [0.2, 0.25) is 5.91 Å². The number of methoxy groups -OCH3 is 1. The molecular weight excluding hydrogens is 352 g/mol.